The zero-order valence-electron chi connectivity index (χ0n) is 21.9. The molecular formula is C30H37ClN2O4S. The third kappa shape index (κ3) is 8.09. The van der Waals surface area contributed by atoms with Gasteiger partial charge in [-0.25, -0.2) is 0 Å². The molecule has 4 rings (SSSR count). The summed E-state index contributed by atoms with van der Waals surface area (Å²) in [6.07, 6.45) is 5.63. The molecule has 0 bridgehead atoms. The van der Waals surface area contributed by atoms with E-state index in [-0.39, 0.29) is 6.42 Å². The Hall–Kier alpha value is -2.32. The Bertz CT molecular complexity index is 1210. The van der Waals surface area contributed by atoms with E-state index in [1.807, 2.05) is 54.2 Å². The van der Waals surface area contributed by atoms with Crippen LogP contribution in [0.25, 0.3) is 10.9 Å². The van der Waals surface area contributed by atoms with E-state index in [4.69, 9.17) is 16.3 Å². The normalized spacial score (nSPS) is 18.9. The number of nitrogens with zero attached hydrogens (tertiary/aromatic N) is 2. The minimum atomic E-state index is -0.740. The monoisotopic (exact) mass is 556 g/mol. The van der Waals surface area contributed by atoms with E-state index in [9.17, 15) is 15.0 Å². The van der Waals surface area contributed by atoms with Gasteiger partial charge in [0.05, 0.1) is 18.7 Å². The number of rotatable bonds is 13. The molecule has 1 aromatic heterocycles. The lowest BCUT2D eigenvalue weighted by atomic mass is 9.79. The molecule has 0 unspecified atom stereocenters. The van der Waals surface area contributed by atoms with Crippen molar-refractivity contribution in [1.82, 2.24) is 9.88 Å². The number of pyridine rings is 1. The van der Waals surface area contributed by atoms with Gasteiger partial charge in [0.25, 0.3) is 0 Å². The van der Waals surface area contributed by atoms with E-state index >= 15 is 0 Å². The highest BCUT2D eigenvalue weighted by atomic mass is 35.5. The Kier molecular flexibility index (Phi) is 10.7. The number of aliphatic hydroxyl groups excluding tert-OH is 1. The molecule has 38 heavy (non-hydrogen) atoms. The quantitative estimate of drug-likeness (QED) is 0.179. The standard InChI is InChI=1S/C30H37ClN2O4S/c1-37-24-8-9-28-27(19-24)26(12-14-32-28)29(34)10-6-21-13-16-33(20-22(21)7-11-30(35)36)15-3-17-38-25-5-2-4-23(31)18-25/h2,4-5,8-9,12,14,18-19,21-22,29,34H,3,6-7,10-11,13,15-17,20H2,1H3,(H,35,36)/t21-,22-,29-/m1/s1. The highest BCUT2D eigenvalue weighted by molar-refractivity contribution is 7.99. The van der Waals surface area contributed by atoms with Crippen LogP contribution < -0.4 is 4.74 Å². The van der Waals surface area contributed by atoms with Crippen molar-refractivity contribution in [2.75, 3.05) is 32.5 Å². The fraction of sp³-hybridized carbons (Fsp3) is 0.467. The van der Waals surface area contributed by atoms with Gasteiger partial charge >= 0.3 is 5.97 Å². The molecule has 3 atom stereocenters. The van der Waals surface area contributed by atoms with E-state index in [1.54, 1.807) is 13.3 Å². The van der Waals surface area contributed by atoms with Gasteiger partial charge in [-0.05, 0) is 111 Å². The summed E-state index contributed by atoms with van der Waals surface area (Å²) in [7, 11) is 1.63. The molecule has 2 aromatic carbocycles. The summed E-state index contributed by atoms with van der Waals surface area (Å²) in [6, 6.07) is 15.6. The number of hydrogen-bond donors (Lipinski definition) is 2. The van der Waals surface area contributed by atoms with Crippen molar-refractivity contribution in [2.45, 2.75) is 49.5 Å². The Labute approximate surface area is 234 Å². The summed E-state index contributed by atoms with van der Waals surface area (Å²) in [6.45, 7) is 2.95. The summed E-state index contributed by atoms with van der Waals surface area (Å²) >= 11 is 7.91. The maximum atomic E-state index is 11.3. The Morgan fingerprint density at radius 1 is 1.21 bits per heavy atom. The lowest BCUT2D eigenvalue weighted by Crippen LogP contribution is -2.41. The van der Waals surface area contributed by atoms with Crippen LogP contribution in [-0.4, -0.2) is 58.6 Å². The minimum Gasteiger partial charge on any atom is -0.497 e. The number of aliphatic carboxylic acids is 1. The van der Waals surface area contributed by atoms with Crippen LogP contribution in [0.5, 0.6) is 5.75 Å². The first-order valence-corrected chi connectivity index (χ1v) is 14.7. The van der Waals surface area contributed by atoms with Crippen LogP contribution in [0.15, 0.2) is 59.6 Å². The van der Waals surface area contributed by atoms with Crippen LogP contribution in [0, 0.1) is 11.8 Å². The van der Waals surface area contributed by atoms with Crippen LogP contribution >= 0.6 is 23.4 Å². The molecule has 8 heteroatoms. The van der Waals surface area contributed by atoms with Gasteiger partial charge in [0, 0.05) is 34.5 Å². The highest BCUT2D eigenvalue weighted by Crippen LogP contribution is 2.35. The number of carbonyl (C=O) groups is 1. The molecule has 204 valence electrons. The zero-order valence-corrected chi connectivity index (χ0v) is 23.5. The van der Waals surface area contributed by atoms with E-state index in [0.717, 1.165) is 71.9 Å². The number of fused-ring (bicyclic) bond motifs is 1. The molecule has 0 amide bonds. The van der Waals surface area contributed by atoms with Crippen LogP contribution in [0.3, 0.4) is 0 Å². The first kappa shape index (κ1) is 28.7. The number of hydrogen-bond acceptors (Lipinski definition) is 6. The van der Waals surface area contributed by atoms with Crippen LogP contribution in [0.4, 0.5) is 0 Å². The van der Waals surface area contributed by atoms with Crippen LogP contribution in [0.2, 0.25) is 5.02 Å². The third-order valence-corrected chi connectivity index (χ3v) is 8.86. The van der Waals surface area contributed by atoms with E-state index < -0.39 is 12.1 Å². The van der Waals surface area contributed by atoms with Gasteiger partial charge in [0.1, 0.15) is 5.75 Å². The van der Waals surface area contributed by atoms with Gasteiger partial charge in [-0.1, -0.05) is 17.7 Å². The van der Waals surface area contributed by atoms with E-state index in [1.165, 1.54) is 4.90 Å². The first-order valence-electron chi connectivity index (χ1n) is 13.4. The van der Waals surface area contributed by atoms with Crippen molar-refractivity contribution in [2.24, 2.45) is 11.8 Å². The lowest BCUT2D eigenvalue weighted by Gasteiger charge is -2.39. The topological polar surface area (TPSA) is 82.9 Å². The van der Waals surface area contributed by atoms with Crippen LogP contribution in [0.1, 0.15) is 50.2 Å². The summed E-state index contributed by atoms with van der Waals surface area (Å²) in [4.78, 5) is 19.4. The summed E-state index contributed by atoms with van der Waals surface area (Å²) in [5.41, 5.74) is 1.70. The molecule has 2 heterocycles. The average molecular weight is 557 g/mol. The maximum Gasteiger partial charge on any atom is 0.303 e. The molecule has 0 aliphatic carbocycles. The largest absolute Gasteiger partial charge is 0.497 e. The number of aliphatic hydroxyl groups is 1. The maximum absolute atomic E-state index is 11.3. The Morgan fingerprint density at radius 2 is 2.08 bits per heavy atom. The minimum absolute atomic E-state index is 0.191. The zero-order chi connectivity index (χ0) is 26.9. The van der Waals surface area contributed by atoms with Crippen molar-refractivity contribution in [3.8, 4) is 5.75 Å². The summed E-state index contributed by atoms with van der Waals surface area (Å²) in [5.74, 6) is 1.75. The number of piperidine rings is 1. The second-order valence-corrected chi connectivity index (χ2v) is 11.7. The number of carboxylic acid groups (broad SMARTS) is 1. The average Bonchev–Trinajstić information content (AvgIpc) is 2.92. The van der Waals surface area contributed by atoms with Gasteiger partial charge in [0.15, 0.2) is 0 Å². The molecule has 1 aliphatic rings. The van der Waals surface area contributed by atoms with Crippen LogP contribution in [-0.2, 0) is 4.79 Å². The number of benzene rings is 2. The molecule has 0 radical (unpaired) electrons. The number of carboxylic acids is 1. The predicted molar refractivity (Wildman–Crippen MR) is 154 cm³/mol. The van der Waals surface area contributed by atoms with Gasteiger partial charge in [-0.2, -0.15) is 0 Å². The van der Waals surface area contributed by atoms with Gasteiger partial charge in [-0.3, -0.25) is 9.78 Å². The fourth-order valence-electron chi connectivity index (χ4n) is 5.50. The predicted octanol–water partition coefficient (Wildman–Crippen LogP) is 6.70. The lowest BCUT2D eigenvalue weighted by molar-refractivity contribution is -0.137. The van der Waals surface area contributed by atoms with E-state index in [2.05, 4.69) is 16.0 Å². The first-order chi connectivity index (χ1) is 18.4. The van der Waals surface area contributed by atoms with Gasteiger partial charge in [0.2, 0.25) is 0 Å². The van der Waals surface area contributed by atoms with E-state index in [0.29, 0.717) is 24.7 Å². The highest BCUT2D eigenvalue weighted by Gasteiger charge is 2.30. The Morgan fingerprint density at radius 3 is 2.87 bits per heavy atom. The van der Waals surface area contributed by atoms with Crippen molar-refractivity contribution in [1.29, 1.82) is 0 Å². The number of methoxy groups -OCH3 is 1. The molecule has 6 nitrogen and oxygen atoms in total. The molecule has 3 aromatic rings. The number of thioether (sulfide) groups is 1. The van der Waals surface area contributed by atoms with Crippen molar-refractivity contribution in [3.05, 3.63) is 65.3 Å². The second kappa shape index (κ2) is 14.2. The smallest absolute Gasteiger partial charge is 0.303 e. The summed E-state index contributed by atoms with van der Waals surface area (Å²) < 4.78 is 5.38. The Balaban J connectivity index is 1.32. The molecule has 0 saturated carbocycles. The molecule has 0 spiro atoms. The molecule has 1 aliphatic heterocycles. The molecule has 1 fully saturated rings. The SMILES string of the molecule is COc1ccc2nccc([C@H](O)CC[C@@H]3CCN(CCCSc4cccc(Cl)c4)C[C@H]3CCC(=O)O)c2c1. The summed E-state index contributed by atoms with van der Waals surface area (Å²) in [5, 5.41) is 22.1. The van der Waals surface area contributed by atoms with Gasteiger partial charge in [-0.15, -0.1) is 11.8 Å². The third-order valence-electron chi connectivity index (χ3n) is 7.54. The number of ether oxygens (including phenoxy) is 1. The van der Waals surface area contributed by atoms with Gasteiger partial charge < -0.3 is 19.8 Å². The molecule has 2 N–H and O–H groups in total. The number of aromatic nitrogens is 1. The second-order valence-electron chi connectivity index (χ2n) is 10.1. The number of likely N-dealkylation sites (tertiary alicyclic amines) is 1. The molecule has 1 saturated heterocycles. The fourth-order valence-corrected chi connectivity index (χ4v) is 6.65. The van der Waals surface area contributed by atoms with Crippen molar-refractivity contribution >= 4 is 40.2 Å². The van der Waals surface area contributed by atoms with Crippen molar-refractivity contribution < 1.29 is 19.7 Å². The molecular weight excluding hydrogens is 520 g/mol. The van der Waals surface area contributed by atoms with Crippen molar-refractivity contribution in [3.63, 3.8) is 0 Å². The number of halogens is 1.